The average molecular weight is 459 g/mol. The zero-order chi connectivity index (χ0) is 16.3. The van der Waals surface area contributed by atoms with E-state index in [9.17, 15) is 4.39 Å². The molecule has 0 aromatic carbocycles. The molecular weight excluding hydrogens is 438 g/mol. The van der Waals surface area contributed by atoms with Gasteiger partial charge in [0.25, 0.3) is 0 Å². The minimum atomic E-state index is -0.451. The molecule has 0 aliphatic heterocycles. The highest BCUT2D eigenvalue weighted by atomic mass is 79.9. The summed E-state index contributed by atoms with van der Waals surface area (Å²) in [6.07, 6.45) is 3.20. The smallest absolute Gasteiger partial charge is 0.212 e. The Morgan fingerprint density at radius 3 is 1.68 bits per heavy atom. The second kappa shape index (κ2) is 13.9. The maximum atomic E-state index is 12.0. The molecule has 0 atom stereocenters. The van der Waals surface area contributed by atoms with E-state index < -0.39 is 5.95 Å². The van der Waals surface area contributed by atoms with Crippen LogP contribution in [0.15, 0.2) is 45.6 Å². The molecule has 0 saturated heterocycles. The molecule has 8 heteroatoms. The first-order valence-electron chi connectivity index (χ1n) is 6.05. The lowest BCUT2D eigenvalue weighted by molar-refractivity contribution is 0.583. The van der Waals surface area contributed by atoms with E-state index in [2.05, 4.69) is 47.1 Å². The first-order chi connectivity index (χ1) is 9.90. The van der Waals surface area contributed by atoms with Crippen molar-refractivity contribution in [3.8, 4) is 0 Å². The van der Waals surface area contributed by atoms with E-state index in [1.54, 1.807) is 12.3 Å². The fraction of sp³-hybridized carbons (Fsp3) is 0.286. The molecule has 22 heavy (non-hydrogen) atoms. The molecular formula is C14H20Br2ClFN4. The summed E-state index contributed by atoms with van der Waals surface area (Å²) in [6, 6.07) is 6.83. The van der Waals surface area contributed by atoms with Crippen molar-refractivity contribution < 1.29 is 4.39 Å². The molecule has 0 bridgehead atoms. The number of rotatable bonds is 1. The molecule has 0 unspecified atom stereocenters. The van der Waals surface area contributed by atoms with Crippen LogP contribution in [0, 0.1) is 5.95 Å². The summed E-state index contributed by atoms with van der Waals surface area (Å²) in [5.41, 5.74) is 0. The first-order valence-corrected chi connectivity index (χ1v) is 7.63. The van der Waals surface area contributed by atoms with Gasteiger partial charge in [0.2, 0.25) is 5.95 Å². The van der Waals surface area contributed by atoms with Gasteiger partial charge in [0.1, 0.15) is 5.82 Å². The summed E-state index contributed by atoms with van der Waals surface area (Å²) >= 11 is 6.43. The Labute approximate surface area is 154 Å². The molecule has 1 N–H and O–H groups in total. The summed E-state index contributed by atoms with van der Waals surface area (Å²) in [5.74, 6) is 0.524. The van der Waals surface area contributed by atoms with Crippen molar-refractivity contribution >= 4 is 50.1 Å². The van der Waals surface area contributed by atoms with Crippen LogP contribution in [0.4, 0.5) is 10.2 Å². The Balaban J connectivity index is 0. The number of pyridine rings is 2. The Hall–Kier alpha value is -0.760. The number of hydrogen-bond acceptors (Lipinski definition) is 4. The van der Waals surface area contributed by atoms with E-state index in [0.717, 1.165) is 14.8 Å². The third-order valence-electron chi connectivity index (χ3n) is 1.86. The van der Waals surface area contributed by atoms with Gasteiger partial charge in [-0.3, -0.25) is 0 Å². The van der Waals surface area contributed by atoms with Gasteiger partial charge >= 0.3 is 0 Å². The van der Waals surface area contributed by atoms with E-state index in [-0.39, 0.29) is 12.4 Å². The lowest BCUT2D eigenvalue weighted by Gasteiger charge is -2.09. The third kappa shape index (κ3) is 11.9. The maximum absolute atomic E-state index is 12.0. The first kappa shape index (κ1) is 23.5. The van der Waals surface area contributed by atoms with E-state index in [0.29, 0.717) is 0 Å². The zero-order valence-electron chi connectivity index (χ0n) is 12.8. The van der Waals surface area contributed by atoms with Crippen LogP contribution in [0.1, 0.15) is 0 Å². The van der Waals surface area contributed by atoms with Gasteiger partial charge in [-0.2, -0.15) is 4.39 Å². The lowest BCUT2D eigenvalue weighted by atomic mass is 10.4. The topological polar surface area (TPSA) is 41.1 Å². The summed E-state index contributed by atoms with van der Waals surface area (Å²) in [4.78, 5) is 9.49. The normalized spacial score (nSPS) is 8.50. The largest absolute Gasteiger partial charge is 0.363 e. The summed E-state index contributed by atoms with van der Waals surface area (Å²) in [7, 11) is 7.69. The van der Waals surface area contributed by atoms with Gasteiger partial charge in [-0.05, 0) is 70.2 Å². The Morgan fingerprint density at radius 2 is 1.41 bits per heavy atom. The zero-order valence-corrected chi connectivity index (χ0v) is 16.8. The van der Waals surface area contributed by atoms with Crippen molar-refractivity contribution in [2.45, 2.75) is 0 Å². The summed E-state index contributed by atoms with van der Waals surface area (Å²) in [6.45, 7) is 0. The van der Waals surface area contributed by atoms with E-state index >= 15 is 0 Å². The number of halogens is 4. The van der Waals surface area contributed by atoms with Crippen LogP contribution in [0.2, 0.25) is 0 Å². The fourth-order valence-electron chi connectivity index (χ4n) is 0.990. The molecule has 0 aliphatic carbocycles. The van der Waals surface area contributed by atoms with Crippen LogP contribution >= 0.6 is 44.3 Å². The predicted molar refractivity (Wildman–Crippen MR) is 100 cm³/mol. The molecule has 0 radical (unpaired) electrons. The highest BCUT2D eigenvalue weighted by Crippen LogP contribution is 2.11. The lowest BCUT2D eigenvalue weighted by Crippen LogP contribution is -2.09. The minimum absolute atomic E-state index is 0. The number of anilines is 1. The van der Waals surface area contributed by atoms with Crippen molar-refractivity contribution in [1.29, 1.82) is 0 Å². The molecule has 0 saturated carbocycles. The van der Waals surface area contributed by atoms with E-state index in [1.807, 2.05) is 45.2 Å². The second-order valence-corrected chi connectivity index (χ2v) is 5.86. The summed E-state index contributed by atoms with van der Waals surface area (Å²) in [5, 5.41) is 2.75. The van der Waals surface area contributed by atoms with Gasteiger partial charge in [-0.1, -0.05) is 0 Å². The summed E-state index contributed by atoms with van der Waals surface area (Å²) < 4.78 is 13.8. The van der Waals surface area contributed by atoms with Gasteiger partial charge in [0.05, 0.1) is 0 Å². The van der Waals surface area contributed by atoms with Gasteiger partial charge in [0.15, 0.2) is 0 Å². The van der Waals surface area contributed by atoms with Crippen LogP contribution in [0.25, 0.3) is 0 Å². The monoisotopic (exact) mass is 456 g/mol. The molecule has 124 valence electrons. The van der Waals surface area contributed by atoms with Gasteiger partial charge in [-0.15, -0.1) is 12.4 Å². The number of nitrogens with one attached hydrogen (secondary N) is 1. The quantitative estimate of drug-likeness (QED) is 0.652. The average Bonchev–Trinajstić information content (AvgIpc) is 2.44. The highest BCUT2D eigenvalue weighted by Gasteiger charge is 1.93. The molecule has 0 fully saturated rings. The minimum Gasteiger partial charge on any atom is -0.363 e. The van der Waals surface area contributed by atoms with Crippen LogP contribution in [0.3, 0.4) is 0 Å². The van der Waals surface area contributed by atoms with Crippen LogP contribution < -0.4 is 10.2 Å². The van der Waals surface area contributed by atoms with Crippen LogP contribution in [0.5, 0.6) is 0 Å². The Morgan fingerprint density at radius 1 is 0.955 bits per heavy atom. The van der Waals surface area contributed by atoms with Crippen molar-refractivity contribution in [2.75, 3.05) is 33.1 Å². The molecule has 2 heterocycles. The van der Waals surface area contributed by atoms with Gasteiger partial charge < -0.3 is 10.2 Å². The number of hydrogen-bond donors (Lipinski definition) is 1. The van der Waals surface area contributed by atoms with Gasteiger partial charge in [-0.25, -0.2) is 9.97 Å². The van der Waals surface area contributed by atoms with Crippen molar-refractivity contribution in [3.63, 3.8) is 0 Å². The fourth-order valence-corrected chi connectivity index (χ4v) is 1.46. The van der Waals surface area contributed by atoms with Crippen LogP contribution in [-0.2, 0) is 0 Å². The SMILES string of the molecule is CN(C)c1ccc(Br)cn1.CNC.Cl.Fc1ccc(Br)cn1. The standard InChI is InChI=1S/C7H9BrN2.C5H3BrFN.C2H7N.ClH/c1-10(2)7-4-3-6(8)5-9-7;6-4-1-2-5(7)8-3-4;1-3-2;/h3-5H,1-2H3;1-3H;3H,1-2H3;1H. The molecule has 0 aliphatic rings. The molecule has 2 aromatic heterocycles. The maximum Gasteiger partial charge on any atom is 0.212 e. The van der Waals surface area contributed by atoms with Crippen molar-refractivity contribution in [3.05, 3.63) is 51.6 Å². The molecule has 0 spiro atoms. The number of aromatic nitrogens is 2. The van der Waals surface area contributed by atoms with Crippen LogP contribution in [-0.4, -0.2) is 38.2 Å². The van der Waals surface area contributed by atoms with E-state index in [1.165, 1.54) is 12.3 Å². The highest BCUT2D eigenvalue weighted by molar-refractivity contribution is 9.10. The number of nitrogens with zero attached hydrogens (tertiary/aromatic N) is 3. The molecule has 2 aromatic rings. The van der Waals surface area contributed by atoms with Gasteiger partial charge in [0, 0.05) is 35.4 Å². The molecule has 2 rings (SSSR count). The Bertz CT molecular complexity index is 474. The third-order valence-corrected chi connectivity index (χ3v) is 2.80. The van der Waals surface area contributed by atoms with E-state index in [4.69, 9.17) is 0 Å². The predicted octanol–water partition coefficient (Wildman–Crippen LogP) is 4.15. The Kier molecular flexibility index (Phi) is 14.8. The molecule has 4 nitrogen and oxygen atoms in total. The van der Waals surface area contributed by atoms with Crippen molar-refractivity contribution in [1.82, 2.24) is 15.3 Å². The second-order valence-electron chi connectivity index (χ2n) is 4.03. The molecule has 0 amide bonds. The van der Waals surface area contributed by atoms with Crippen molar-refractivity contribution in [2.24, 2.45) is 0 Å².